The Kier molecular flexibility index (Phi) is 18.6. The minimum atomic E-state index is -3.24. The van der Waals surface area contributed by atoms with E-state index in [0.717, 1.165) is 0 Å². The van der Waals surface area contributed by atoms with Gasteiger partial charge in [0.2, 0.25) is 0 Å². The lowest BCUT2D eigenvalue weighted by Crippen LogP contribution is -1.82. The summed E-state index contributed by atoms with van der Waals surface area (Å²) in [6, 6.07) is 83.1. The van der Waals surface area contributed by atoms with Gasteiger partial charge < -0.3 is 0 Å². The molecule has 0 heterocycles. The van der Waals surface area contributed by atoms with Crippen LogP contribution < -0.4 is 0 Å². The first kappa shape index (κ1) is 41.4. The molecule has 55 heavy (non-hydrogen) atoms. The van der Waals surface area contributed by atoms with Crippen molar-refractivity contribution in [2.75, 3.05) is 0 Å². The minimum Gasteiger partial charge on any atom is -0.201 e. The summed E-state index contributed by atoms with van der Waals surface area (Å²) in [5, 5.41) is 0. The van der Waals surface area contributed by atoms with Crippen LogP contribution in [0.1, 0.15) is 0 Å². The van der Waals surface area contributed by atoms with Crippen molar-refractivity contribution in [3.05, 3.63) is 243 Å². The second kappa shape index (κ2) is 24.8. The SMILES string of the molecule is O=[SH](=O)O[SH](=O)=O.c1ccc(-c2ccccc2)cc1.c1ccc(-c2ccccc2)cc1.c1ccc(-c2ccccc2)cc1.c1ccc(-c2ccccc2)cc1. The zero-order valence-electron chi connectivity index (χ0n) is 30.0. The minimum absolute atomic E-state index is 1.28. The van der Waals surface area contributed by atoms with Gasteiger partial charge in [-0.15, -0.1) is 0 Å². The van der Waals surface area contributed by atoms with E-state index in [9.17, 15) is 16.8 Å². The van der Waals surface area contributed by atoms with Gasteiger partial charge in [0.05, 0.1) is 0 Å². The van der Waals surface area contributed by atoms with Crippen molar-refractivity contribution in [2.45, 2.75) is 0 Å². The average Bonchev–Trinajstić information content (AvgIpc) is 3.27. The standard InChI is InChI=1S/4C12H10.H2O5S2/c4*1-3-7-11(8-4-1)12-9-5-2-6-10-12;1-6(2)5-7(3)4/h4*1-10H;6-7H. The summed E-state index contributed by atoms with van der Waals surface area (Å²) in [5.41, 5.74) is 10.2. The van der Waals surface area contributed by atoms with Crippen LogP contribution in [-0.4, -0.2) is 16.8 Å². The molecular weight excluding hydrogens is 721 g/mol. The molecule has 8 aromatic carbocycles. The monoisotopic (exact) mass is 762 g/mol. The van der Waals surface area contributed by atoms with Gasteiger partial charge in [0.15, 0.2) is 0 Å². The molecule has 0 aliphatic heterocycles. The smallest absolute Gasteiger partial charge is 0.201 e. The van der Waals surface area contributed by atoms with E-state index in [1.54, 1.807) is 0 Å². The van der Waals surface area contributed by atoms with Crippen LogP contribution in [0.15, 0.2) is 243 Å². The zero-order chi connectivity index (χ0) is 38.8. The maximum absolute atomic E-state index is 9.24. The third-order valence-corrected chi connectivity index (χ3v) is 8.72. The molecule has 0 aromatic heterocycles. The first-order chi connectivity index (χ1) is 27.0. The van der Waals surface area contributed by atoms with E-state index in [0.29, 0.717) is 0 Å². The first-order valence-corrected chi connectivity index (χ1v) is 19.6. The molecule has 0 aliphatic carbocycles. The van der Waals surface area contributed by atoms with E-state index in [1.165, 1.54) is 44.5 Å². The fourth-order valence-electron chi connectivity index (χ4n) is 5.10. The molecule has 0 bridgehead atoms. The highest BCUT2D eigenvalue weighted by atomic mass is 32.3. The quantitative estimate of drug-likeness (QED) is 0.165. The van der Waals surface area contributed by atoms with Crippen LogP contribution in [-0.2, 0) is 25.6 Å². The Morgan fingerprint density at radius 3 is 0.382 bits per heavy atom. The van der Waals surface area contributed by atoms with Gasteiger partial charge in [-0.05, 0) is 44.5 Å². The number of benzene rings is 8. The van der Waals surface area contributed by atoms with E-state index < -0.39 is 22.0 Å². The molecule has 0 amide bonds. The van der Waals surface area contributed by atoms with Gasteiger partial charge >= 0.3 is 0 Å². The van der Waals surface area contributed by atoms with Gasteiger partial charge in [0.1, 0.15) is 0 Å². The second-order valence-electron chi connectivity index (χ2n) is 11.5. The Hall–Kier alpha value is -6.38. The zero-order valence-corrected chi connectivity index (χ0v) is 31.8. The number of hydrogen-bond acceptors (Lipinski definition) is 5. The lowest BCUT2D eigenvalue weighted by Gasteiger charge is -1.98. The van der Waals surface area contributed by atoms with Gasteiger partial charge in [-0.2, -0.15) is 3.63 Å². The molecule has 8 aromatic rings. The lowest BCUT2D eigenvalue weighted by molar-refractivity contribution is 0.495. The predicted octanol–water partition coefficient (Wildman–Crippen LogP) is 11.5. The fourth-order valence-corrected chi connectivity index (χ4v) is 5.53. The first-order valence-electron chi connectivity index (χ1n) is 17.4. The van der Waals surface area contributed by atoms with Gasteiger partial charge in [-0.1, -0.05) is 243 Å². The van der Waals surface area contributed by atoms with Gasteiger partial charge in [0, 0.05) is 0 Å². The highest BCUT2D eigenvalue weighted by Gasteiger charge is 1.94. The molecule has 8 rings (SSSR count). The maximum Gasteiger partial charge on any atom is 0.271 e. The van der Waals surface area contributed by atoms with Gasteiger partial charge in [0.25, 0.3) is 22.0 Å². The van der Waals surface area contributed by atoms with Crippen molar-refractivity contribution in [1.29, 1.82) is 0 Å². The largest absolute Gasteiger partial charge is 0.271 e. The summed E-state index contributed by atoms with van der Waals surface area (Å²) in [4.78, 5) is 0. The van der Waals surface area contributed by atoms with Crippen molar-refractivity contribution in [2.24, 2.45) is 0 Å². The maximum atomic E-state index is 9.24. The summed E-state index contributed by atoms with van der Waals surface area (Å²) in [6.45, 7) is 0. The summed E-state index contributed by atoms with van der Waals surface area (Å²) >= 11 is 0. The Balaban J connectivity index is 0.000000155. The molecular formula is C48H42O5S2. The molecule has 276 valence electrons. The van der Waals surface area contributed by atoms with Crippen LogP contribution >= 0.6 is 0 Å². The fraction of sp³-hybridized carbons (Fsp3) is 0. The molecule has 0 spiro atoms. The highest BCUT2D eigenvalue weighted by molar-refractivity contribution is 7.81. The van der Waals surface area contributed by atoms with Gasteiger partial charge in [-0.25, -0.2) is 16.8 Å². The van der Waals surface area contributed by atoms with Crippen molar-refractivity contribution >= 4 is 22.0 Å². The molecule has 0 radical (unpaired) electrons. The van der Waals surface area contributed by atoms with Gasteiger partial charge in [-0.3, -0.25) is 0 Å². The number of rotatable bonds is 6. The third-order valence-electron chi connectivity index (χ3n) is 7.66. The van der Waals surface area contributed by atoms with E-state index in [4.69, 9.17) is 0 Å². The van der Waals surface area contributed by atoms with Crippen molar-refractivity contribution in [1.82, 2.24) is 0 Å². The average molecular weight is 763 g/mol. The molecule has 0 N–H and O–H groups in total. The number of hydrogen-bond donors (Lipinski definition) is 2. The van der Waals surface area contributed by atoms with E-state index in [2.05, 4.69) is 198 Å². The van der Waals surface area contributed by atoms with E-state index >= 15 is 0 Å². The summed E-state index contributed by atoms with van der Waals surface area (Å²) < 4.78 is 40.1. The van der Waals surface area contributed by atoms with E-state index in [-0.39, 0.29) is 0 Å². The molecule has 7 heteroatoms. The Morgan fingerprint density at radius 1 is 0.200 bits per heavy atom. The van der Waals surface area contributed by atoms with E-state index in [1.807, 2.05) is 48.5 Å². The third kappa shape index (κ3) is 16.4. The lowest BCUT2D eigenvalue weighted by atomic mass is 10.1. The van der Waals surface area contributed by atoms with Crippen LogP contribution in [0.3, 0.4) is 0 Å². The summed E-state index contributed by atoms with van der Waals surface area (Å²) in [7, 11) is -6.47. The van der Waals surface area contributed by atoms with Crippen LogP contribution in [0.5, 0.6) is 0 Å². The Morgan fingerprint density at radius 2 is 0.309 bits per heavy atom. The Labute approximate surface area is 328 Å². The number of thiol groups is 2. The van der Waals surface area contributed by atoms with Crippen molar-refractivity contribution < 1.29 is 20.5 Å². The molecule has 5 nitrogen and oxygen atoms in total. The molecule has 0 atom stereocenters. The molecule has 0 unspecified atom stereocenters. The van der Waals surface area contributed by atoms with Crippen LogP contribution in [0.2, 0.25) is 0 Å². The topological polar surface area (TPSA) is 77.5 Å². The van der Waals surface area contributed by atoms with Crippen LogP contribution in [0.25, 0.3) is 44.5 Å². The molecule has 0 saturated carbocycles. The molecule has 0 fully saturated rings. The van der Waals surface area contributed by atoms with Crippen molar-refractivity contribution in [3.8, 4) is 44.5 Å². The van der Waals surface area contributed by atoms with Crippen molar-refractivity contribution in [3.63, 3.8) is 0 Å². The van der Waals surface area contributed by atoms with Crippen LogP contribution in [0, 0.1) is 0 Å². The second-order valence-corrected chi connectivity index (χ2v) is 13.0. The normalized spacial score (nSPS) is 9.78. The summed E-state index contributed by atoms with van der Waals surface area (Å²) in [6.07, 6.45) is 0. The van der Waals surface area contributed by atoms with Crippen LogP contribution in [0.4, 0.5) is 0 Å². The summed E-state index contributed by atoms with van der Waals surface area (Å²) in [5.74, 6) is 0. The molecule has 0 saturated heterocycles. The predicted molar refractivity (Wildman–Crippen MR) is 229 cm³/mol. The molecule has 0 aliphatic rings. The highest BCUT2D eigenvalue weighted by Crippen LogP contribution is 2.20. The Bertz CT molecular complexity index is 1840.